The molecule has 0 aromatic rings. The predicted molar refractivity (Wildman–Crippen MR) is 52.9 cm³/mol. The van der Waals surface area contributed by atoms with Gasteiger partial charge in [0.15, 0.2) is 0 Å². The van der Waals surface area contributed by atoms with Gasteiger partial charge < -0.3 is 14.3 Å². The largest absolute Gasteiger partial charge is 0.550 e. The third-order valence-corrected chi connectivity index (χ3v) is 4.26. The zero-order chi connectivity index (χ0) is 11.2. The Bertz CT molecular complexity index is 213. The van der Waals surface area contributed by atoms with Crippen LogP contribution in [0, 0.1) is 0 Å². The van der Waals surface area contributed by atoms with Crippen LogP contribution in [0.3, 0.4) is 0 Å². The maximum absolute atomic E-state index is 11.2. The minimum absolute atomic E-state index is 0.0809. The van der Waals surface area contributed by atoms with E-state index in [2.05, 4.69) is 0 Å². The first-order chi connectivity index (χ1) is 6.37. The summed E-state index contributed by atoms with van der Waals surface area (Å²) in [5.74, 6) is -1.63. The third kappa shape index (κ3) is 6.65. The van der Waals surface area contributed by atoms with E-state index >= 15 is 0 Å². The Morgan fingerprint density at radius 2 is 1.86 bits per heavy atom. The molecule has 0 radical (unpaired) electrons. The summed E-state index contributed by atoms with van der Waals surface area (Å²) in [7, 11) is -1.90. The van der Waals surface area contributed by atoms with Crippen LogP contribution in [-0.4, -0.2) is 20.3 Å². The monoisotopic (exact) mass is 217 g/mol. The number of carboxylic acid groups (broad SMARTS) is 1. The van der Waals surface area contributed by atoms with Gasteiger partial charge in [0.1, 0.15) is 0 Å². The Labute approximate surface area is 85.4 Å². The van der Waals surface area contributed by atoms with Crippen LogP contribution < -0.4 is 5.11 Å². The highest BCUT2D eigenvalue weighted by atomic mass is 28.4. The van der Waals surface area contributed by atoms with Gasteiger partial charge in [0, 0.05) is 12.4 Å². The van der Waals surface area contributed by atoms with E-state index in [1.165, 1.54) is 0 Å². The second kappa shape index (κ2) is 5.80. The molecule has 0 bridgehead atoms. The quantitative estimate of drug-likeness (QED) is 0.613. The van der Waals surface area contributed by atoms with Crippen molar-refractivity contribution in [1.82, 2.24) is 0 Å². The van der Waals surface area contributed by atoms with Crippen molar-refractivity contribution >= 4 is 20.3 Å². The Morgan fingerprint density at radius 3 is 2.29 bits per heavy atom. The van der Waals surface area contributed by atoms with E-state index in [-0.39, 0.29) is 12.8 Å². The average molecular weight is 217 g/mol. The number of hydrogen-bond acceptors (Lipinski definition) is 4. The molecule has 0 aromatic heterocycles. The van der Waals surface area contributed by atoms with Crippen LogP contribution in [0.25, 0.3) is 0 Å². The summed E-state index contributed by atoms with van der Waals surface area (Å²) in [5, 5.41) is 10.1. The lowest BCUT2D eigenvalue weighted by molar-refractivity contribution is -0.305. The van der Waals surface area contributed by atoms with E-state index in [4.69, 9.17) is 4.43 Å². The first-order valence-corrected chi connectivity index (χ1v) is 7.90. The Morgan fingerprint density at radius 1 is 1.29 bits per heavy atom. The fraction of sp³-hybridized carbons (Fsp3) is 0.778. The summed E-state index contributed by atoms with van der Waals surface area (Å²) >= 11 is 0. The van der Waals surface area contributed by atoms with E-state index < -0.39 is 20.3 Å². The Kier molecular flexibility index (Phi) is 5.45. The second-order valence-corrected chi connectivity index (χ2v) is 8.08. The number of carbonyl (C=O) groups excluding carboxylic acids is 2. The maximum atomic E-state index is 11.2. The molecule has 5 heteroatoms. The molecule has 0 heterocycles. The molecule has 4 nitrogen and oxygen atoms in total. The van der Waals surface area contributed by atoms with Gasteiger partial charge in [-0.1, -0.05) is 13.3 Å². The van der Waals surface area contributed by atoms with Crippen molar-refractivity contribution in [1.29, 1.82) is 0 Å². The molecule has 0 aliphatic heterocycles. The van der Waals surface area contributed by atoms with E-state index in [1.807, 2.05) is 20.0 Å². The normalized spacial score (nSPS) is 11.1. The van der Waals surface area contributed by atoms with Crippen molar-refractivity contribution in [2.45, 2.75) is 45.3 Å². The van der Waals surface area contributed by atoms with Crippen LogP contribution >= 0.6 is 0 Å². The van der Waals surface area contributed by atoms with E-state index in [0.29, 0.717) is 0 Å². The number of aliphatic carboxylic acids is 1. The van der Waals surface area contributed by atoms with Crippen molar-refractivity contribution in [3.63, 3.8) is 0 Å². The van der Waals surface area contributed by atoms with Crippen LogP contribution in [-0.2, 0) is 14.0 Å². The van der Waals surface area contributed by atoms with E-state index in [9.17, 15) is 14.7 Å². The molecule has 0 saturated heterocycles. The fourth-order valence-electron chi connectivity index (χ4n) is 1.22. The minimum atomic E-state index is -1.90. The summed E-state index contributed by atoms with van der Waals surface area (Å²) in [6.45, 7) is 5.94. The summed E-state index contributed by atoms with van der Waals surface area (Å²) in [6.07, 6.45) is 0.644. The number of rotatable bonds is 6. The lowest BCUT2D eigenvalue weighted by Gasteiger charge is -2.22. The van der Waals surface area contributed by atoms with Gasteiger partial charge in [-0.05, 0) is 25.6 Å². The number of hydrogen-bond donors (Lipinski definition) is 0. The Balaban J connectivity index is 3.86. The first-order valence-electron chi connectivity index (χ1n) is 4.79. The van der Waals surface area contributed by atoms with E-state index in [1.54, 1.807) is 0 Å². The molecule has 0 saturated carbocycles. The zero-order valence-corrected chi connectivity index (χ0v) is 9.96. The number of carbonyl (C=O) groups is 2. The smallest absolute Gasteiger partial charge is 0.292 e. The SMILES string of the molecule is CCC[Si](C)(C)OC(=O)CCC(=O)[O-]. The molecule has 0 atom stereocenters. The van der Waals surface area contributed by atoms with Gasteiger partial charge in [-0.15, -0.1) is 0 Å². The molecule has 0 fully saturated rings. The van der Waals surface area contributed by atoms with Crippen molar-refractivity contribution in [3.8, 4) is 0 Å². The average Bonchev–Trinajstić information content (AvgIpc) is 1.99. The topological polar surface area (TPSA) is 66.4 Å². The molecule has 0 aromatic carbocycles. The zero-order valence-electron chi connectivity index (χ0n) is 8.96. The maximum Gasteiger partial charge on any atom is 0.292 e. The molecule has 82 valence electrons. The summed E-state index contributed by atoms with van der Waals surface area (Å²) in [5.41, 5.74) is 0. The first kappa shape index (κ1) is 13.2. The fourth-order valence-corrected chi connectivity index (χ4v) is 3.24. The minimum Gasteiger partial charge on any atom is -0.550 e. The summed E-state index contributed by atoms with van der Waals surface area (Å²) in [4.78, 5) is 21.2. The highest BCUT2D eigenvalue weighted by molar-refractivity contribution is 6.72. The van der Waals surface area contributed by atoms with Crippen molar-refractivity contribution in [2.75, 3.05) is 0 Å². The molecular formula is C9H17O4Si-. The molecule has 0 rings (SSSR count). The highest BCUT2D eigenvalue weighted by Gasteiger charge is 2.25. The highest BCUT2D eigenvalue weighted by Crippen LogP contribution is 2.14. The van der Waals surface area contributed by atoms with Gasteiger partial charge in [-0.25, -0.2) is 0 Å². The second-order valence-electron chi connectivity index (χ2n) is 3.86. The van der Waals surface area contributed by atoms with Crippen LogP contribution in [0.1, 0.15) is 26.2 Å². The summed E-state index contributed by atoms with van der Waals surface area (Å²) in [6, 6.07) is 0.907. The third-order valence-electron chi connectivity index (χ3n) is 1.78. The standard InChI is InChI=1S/C9H18O4Si/c1-4-7-14(2,3)13-9(12)6-5-8(10)11/h4-7H2,1-3H3,(H,10,11)/p-1. The van der Waals surface area contributed by atoms with Gasteiger partial charge in [0.2, 0.25) is 8.32 Å². The molecular weight excluding hydrogens is 200 g/mol. The van der Waals surface area contributed by atoms with Crippen LogP contribution in [0.15, 0.2) is 0 Å². The lowest BCUT2D eigenvalue weighted by Crippen LogP contribution is -2.33. The molecule has 14 heavy (non-hydrogen) atoms. The van der Waals surface area contributed by atoms with Crippen molar-refractivity contribution in [2.24, 2.45) is 0 Å². The van der Waals surface area contributed by atoms with E-state index in [0.717, 1.165) is 12.5 Å². The predicted octanol–water partition coefficient (Wildman–Crippen LogP) is 0.675. The molecule has 0 aliphatic rings. The van der Waals surface area contributed by atoms with Gasteiger partial charge >= 0.3 is 0 Å². The molecule has 0 N–H and O–H groups in total. The van der Waals surface area contributed by atoms with Gasteiger partial charge in [0.25, 0.3) is 5.97 Å². The van der Waals surface area contributed by atoms with Crippen LogP contribution in [0.5, 0.6) is 0 Å². The van der Waals surface area contributed by atoms with Gasteiger partial charge in [-0.3, -0.25) is 4.79 Å². The summed E-state index contributed by atoms with van der Waals surface area (Å²) < 4.78 is 5.24. The number of carboxylic acids is 1. The van der Waals surface area contributed by atoms with Gasteiger partial charge in [0.05, 0.1) is 0 Å². The van der Waals surface area contributed by atoms with Crippen molar-refractivity contribution in [3.05, 3.63) is 0 Å². The molecule has 0 aliphatic carbocycles. The van der Waals surface area contributed by atoms with Crippen LogP contribution in [0.2, 0.25) is 19.1 Å². The lowest BCUT2D eigenvalue weighted by atomic mass is 10.3. The Hall–Kier alpha value is -0.843. The molecule has 0 unspecified atom stereocenters. The molecule has 0 amide bonds. The van der Waals surface area contributed by atoms with Crippen LogP contribution in [0.4, 0.5) is 0 Å². The molecule has 0 spiro atoms. The van der Waals surface area contributed by atoms with Crippen molar-refractivity contribution < 1.29 is 19.1 Å². The van der Waals surface area contributed by atoms with Gasteiger partial charge in [-0.2, -0.15) is 0 Å².